The topological polar surface area (TPSA) is 66.4 Å². The maximum atomic E-state index is 10.9. The van der Waals surface area contributed by atoms with Crippen molar-refractivity contribution in [3.8, 4) is 0 Å². The maximum Gasteiger partial charge on any atom is 0.394 e. The first-order valence-electron chi connectivity index (χ1n) is 5.18. The van der Waals surface area contributed by atoms with Crippen molar-refractivity contribution in [3.63, 3.8) is 0 Å². The van der Waals surface area contributed by atoms with Gasteiger partial charge in [-0.15, -0.1) is 0 Å². The zero-order chi connectivity index (χ0) is 12.1. The molecule has 0 heterocycles. The first-order chi connectivity index (χ1) is 7.54. The minimum atomic E-state index is -1.48. The molecule has 1 aromatic rings. The first-order valence-corrected chi connectivity index (χ1v) is 5.18. The molecule has 0 fully saturated rings. The number of carboxylic acid groups (broad SMARTS) is 1. The van der Waals surface area contributed by atoms with Gasteiger partial charge in [-0.1, -0.05) is 26.0 Å². The van der Waals surface area contributed by atoms with Crippen molar-refractivity contribution < 1.29 is 14.7 Å². The van der Waals surface area contributed by atoms with Gasteiger partial charge in [-0.3, -0.25) is 4.79 Å². The van der Waals surface area contributed by atoms with E-state index >= 15 is 0 Å². The summed E-state index contributed by atoms with van der Waals surface area (Å²) in [5.74, 6) is -2.04. The van der Waals surface area contributed by atoms with Crippen LogP contribution in [0, 0.1) is 0 Å². The first kappa shape index (κ1) is 12.2. The molecule has 1 amide bonds. The van der Waals surface area contributed by atoms with Crippen LogP contribution in [0.25, 0.3) is 0 Å². The number of nitrogens with one attached hydrogen (secondary N) is 1. The van der Waals surface area contributed by atoms with Gasteiger partial charge in [0.25, 0.3) is 0 Å². The zero-order valence-electron chi connectivity index (χ0n) is 9.36. The summed E-state index contributed by atoms with van der Waals surface area (Å²) in [6.45, 7) is 4.22. The highest BCUT2D eigenvalue weighted by Gasteiger charge is 2.11. The second-order valence-electron chi connectivity index (χ2n) is 3.69. The van der Waals surface area contributed by atoms with E-state index in [1.54, 1.807) is 12.1 Å². The van der Waals surface area contributed by atoms with E-state index < -0.39 is 11.9 Å². The highest BCUT2D eigenvalue weighted by atomic mass is 16.4. The van der Waals surface area contributed by atoms with E-state index in [1.807, 2.05) is 12.1 Å². The number of anilines is 1. The molecule has 0 bridgehead atoms. The van der Waals surface area contributed by atoms with Gasteiger partial charge in [0.15, 0.2) is 0 Å². The Hall–Kier alpha value is -1.84. The largest absolute Gasteiger partial charge is 0.474 e. The molecule has 0 unspecified atom stereocenters. The molecule has 0 aliphatic heterocycles. The lowest BCUT2D eigenvalue weighted by molar-refractivity contribution is -0.147. The predicted molar refractivity (Wildman–Crippen MR) is 61.4 cm³/mol. The smallest absolute Gasteiger partial charge is 0.394 e. The van der Waals surface area contributed by atoms with Crippen molar-refractivity contribution in [1.29, 1.82) is 0 Å². The fourth-order valence-electron chi connectivity index (χ4n) is 1.32. The summed E-state index contributed by atoms with van der Waals surface area (Å²) < 4.78 is 0. The summed E-state index contributed by atoms with van der Waals surface area (Å²) in [5.41, 5.74) is 1.68. The number of hydrogen-bond acceptors (Lipinski definition) is 2. The summed E-state index contributed by atoms with van der Waals surface area (Å²) >= 11 is 0. The average Bonchev–Trinajstić information content (AvgIpc) is 2.28. The third-order valence-corrected chi connectivity index (χ3v) is 2.54. The van der Waals surface area contributed by atoms with Crippen LogP contribution >= 0.6 is 0 Å². The highest BCUT2D eigenvalue weighted by molar-refractivity contribution is 6.36. The SMILES string of the molecule is CC[C@@H](C)c1ccc(NC(=O)C(=O)O)cc1. The average molecular weight is 221 g/mol. The predicted octanol–water partition coefficient (Wildman–Crippen LogP) is 2.22. The van der Waals surface area contributed by atoms with E-state index in [0.717, 1.165) is 6.42 Å². The second kappa shape index (κ2) is 5.30. The highest BCUT2D eigenvalue weighted by Crippen LogP contribution is 2.20. The molecule has 0 aliphatic carbocycles. The van der Waals surface area contributed by atoms with Crippen LogP contribution in [0.5, 0.6) is 0 Å². The Bertz CT molecular complexity index is 384. The molecular weight excluding hydrogens is 206 g/mol. The van der Waals surface area contributed by atoms with Crippen LogP contribution in [0.2, 0.25) is 0 Å². The number of carbonyl (C=O) groups is 2. The summed E-state index contributed by atoms with van der Waals surface area (Å²) in [5, 5.41) is 10.7. The molecule has 0 aromatic heterocycles. The lowest BCUT2D eigenvalue weighted by Crippen LogP contribution is -2.21. The van der Waals surface area contributed by atoms with E-state index in [4.69, 9.17) is 5.11 Å². The molecular formula is C12H15NO3. The standard InChI is InChI=1S/C12H15NO3/c1-3-8(2)9-4-6-10(7-5-9)13-11(14)12(15)16/h4-8H,3H2,1-2H3,(H,13,14)(H,15,16)/t8-/m1/s1. The van der Waals surface area contributed by atoms with Gasteiger partial charge in [0.1, 0.15) is 0 Å². The molecule has 2 N–H and O–H groups in total. The Morgan fingerprint density at radius 3 is 2.31 bits per heavy atom. The number of carboxylic acids is 1. The fraction of sp³-hybridized carbons (Fsp3) is 0.333. The van der Waals surface area contributed by atoms with E-state index in [-0.39, 0.29) is 0 Å². The Morgan fingerprint density at radius 1 is 1.31 bits per heavy atom. The summed E-state index contributed by atoms with van der Waals surface area (Å²) in [7, 11) is 0. The van der Waals surface area contributed by atoms with Crippen LogP contribution in [0.3, 0.4) is 0 Å². The van der Waals surface area contributed by atoms with Gasteiger partial charge in [0, 0.05) is 5.69 Å². The number of hydrogen-bond donors (Lipinski definition) is 2. The van der Waals surface area contributed by atoms with Crippen LogP contribution in [0.1, 0.15) is 31.7 Å². The Kier molecular flexibility index (Phi) is 4.05. The van der Waals surface area contributed by atoms with Crippen LogP contribution in [-0.2, 0) is 9.59 Å². The molecule has 4 nitrogen and oxygen atoms in total. The number of aliphatic carboxylic acids is 1. The van der Waals surface area contributed by atoms with Crippen molar-refractivity contribution in [2.75, 3.05) is 5.32 Å². The molecule has 1 rings (SSSR count). The van der Waals surface area contributed by atoms with E-state index in [0.29, 0.717) is 11.6 Å². The number of amides is 1. The molecule has 1 atom stereocenters. The van der Waals surface area contributed by atoms with Crippen LogP contribution in [0.15, 0.2) is 24.3 Å². The molecule has 0 radical (unpaired) electrons. The number of carbonyl (C=O) groups excluding carboxylic acids is 1. The molecule has 0 saturated heterocycles. The van der Waals surface area contributed by atoms with Crippen molar-refractivity contribution in [2.24, 2.45) is 0 Å². The van der Waals surface area contributed by atoms with E-state index in [9.17, 15) is 9.59 Å². The molecule has 0 aliphatic rings. The third kappa shape index (κ3) is 3.08. The van der Waals surface area contributed by atoms with Gasteiger partial charge < -0.3 is 10.4 Å². The minimum Gasteiger partial charge on any atom is -0.474 e. The molecule has 0 spiro atoms. The van der Waals surface area contributed by atoms with Gasteiger partial charge in [-0.2, -0.15) is 0 Å². The Morgan fingerprint density at radius 2 is 1.88 bits per heavy atom. The van der Waals surface area contributed by atoms with Gasteiger partial charge in [0.05, 0.1) is 0 Å². The van der Waals surface area contributed by atoms with Gasteiger partial charge in [-0.25, -0.2) is 4.79 Å². The number of rotatable bonds is 3. The minimum absolute atomic E-state index is 0.462. The van der Waals surface area contributed by atoms with Crippen molar-refractivity contribution in [3.05, 3.63) is 29.8 Å². The number of benzene rings is 1. The fourth-order valence-corrected chi connectivity index (χ4v) is 1.32. The van der Waals surface area contributed by atoms with Gasteiger partial charge in [0.2, 0.25) is 0 Å². The molecule has 16 heavy (non-hydrogen) atoms. The maximum absolute atomic E-state index is 10.9. The van der Waals surface area contributed by atoms with Crippen molar-refractivity contribution in [2.45, 2.75) is 26.2 Å². The van der Waals surface area contributed by atoms with E-state index in [1.165, 1.54) is 5.56 Å². The van der Waals surface area contributed by atoms with Crippen molar-refractivity contribution >= 4 is 17.6 Å². The molecule has 4 heteroatoms. The molecule has 86 valence electrons. The summed E-state index contributed by atoms with van der Waals surface area (Å²) in [4.78, 5) is 21.2. The van der Waals surface area contributed by atoms with Crippen LogP contribution in [0.4, 0.5) is 5.69 Å². The summed E-state index contributed by atoms with van der Waals surface area (Å²) in [6.07, 6.45) is 1.04. The van der Waals surface area contributed by atoms with E-state index in [2.05, 4.69) is 19.2 Å². The Balaban J connectivity index is 2.72. The quantitative estimate of drug-likeness (QED) is 0.769. The Labute approximate surface area is 94.3 Å². The summed E-state index contributed by atoms with van der Waals surface area (Å²) in [6, 6.07) is 7.21. The van der Waals surface area contributed by atoms with Crippen LogP contribution < -0.4 is 5.32 Å². The monoisotopic (exact) mass is 221 g/mol. The molecule has 0 saturated carbocycles. The third-order valence-electron chi connectivity index (χ3n) is 2.54. The lowest BCUT2D eigenvalue weighted by Gasteiger charge is -2.09. The molecule has 1 aromatic carbocycles. The second-order valence-corrected chi connectivity index (χ2v) is 3.69. The van der Waals surface area contributed by atoms with Gasteiger partial charge >= 0.3 is 11.9 Å². The lowest BCUT2D eigenvalue weighted by atomic mass is 9.99. The van der Waals surface area contributed by atoms with Crippen molar-refractivity contribution in [1.82, 2.24) is 0 Å². The normalized spacial score (nSPS) is 11.9. The van der Waals surface area contributed by atoms with Gasteiger partial charge in [-0.05, 0) is 30.0 Å². The zero-order valence-corrected chi connectivity index (χ0v) is 9.36. The van der Waals surface area contributed by atoms with Crippen LogP contribution in [-0.4, -0.2) is 17.0 Å².